The molecule has 0 heterocycles. The van der Waals surface area contributed by atoms with E-state index >= 15 is 0 Å². The third kappa shape index (κ3) is 5.66. The summed E-state index contributed by atoms with van der Waals surface area (Å²) >= 11 is 0. The average molecular weight is 415 g/mol. The van der Waals surface area contributed by atoms with E-state index < -0.39 is 5.97 Å². The molecule has 0 aliphatic heterocycles. The maximum absolute atomic E-state index is 12.4. The first-order valence-corrected chi connectivity index (χ1v) is 10.1. The quantitative estimate of drug-likeness (QED) is 0.453. The fourth-order valence-corrected chi connectivity index (χ4v) is 3.13. The second-order valence-corrected chi connectivity index (χ2v) is 7.48. The van der Waals surface area contributed by atoms with Crippen LogP contribution in [0.25, 0.3) is 0 Å². The van der Waals surface area contributed by atoms with Crippen LogP contribution in [-0.4, -0.2) is 24.3 Å². The molecule has 0 aliphatic carbocycles. The second-order valence-electron chi connectivity index (χ2n) is 7.48. The first-order chi connectivity index (χ1) is 14.8. The summed E-state index contributed by atoms with van der Waals surface area (Å²) in [4.78, 5) is 36.9. The largest absolute Gasteiger partial charge is 0.452 e. The van der Waals surface area contributed by atoms with Gasteiger partial charge >= 0.3 is 5.97 Å². The summed E-state index contributed by atoms with van der Waals surface area (Å²) in [6.45, 7) is 5.56. The lowest BCUT2D eigenvalue weighted by molar-refractivity contribution is -0.124. The van der Waals surface area contributed by atoms with E-state index in [0.29, 0.717) is 11.1 Å². The van der Waals surface area contributed by atoms with Gasteiger partial charge in [-0.3, -0.25) is 9.59 Å². The summed E-state index contributed by atoms with van der Waals surface area (Å²) in [6.07, 6.45) is 0. The van der Waals surface area contributed by atoms with Gasteiger partial charge in [-0.15, -0.1) is 0 Å². The van der Waals surface area contributed by atoms with Crippen molar-refractivity contribution in [3.05, 3.63) is 106 Å². The Balaban J connectivity index is 1.53. The van der Waals surface area contributed by atoms with E-state index in [9.17, 15) is 14.4 Å². The van der Waals surface area contributed by atoms with Gasteiger partial charge in [0.15, 0.2) is 12.4 Å². The molecule has 5 heteroatoms. The van der Waals surface area contributed by atoms with Gasteiger partial charge in [-0.05, 0) is 49.6 Å². The first kappa shape index (κ1) is 22.0. The number of rotatable bonds is 7. The fourth-order valence-electron chi connectivity index (χ4n) is 3.13. The van der Waals surface area contributed by atoms with Crippen LogP contribution in [0.1, 0.15) is 55.9 Å². The number of benzene rings is 3. The fraction of sp³-hybridized carbons (Fsp3) is 0.192. The number of nitrogens with one attached hydrogen (secondary N) is 1. The highest BCUT2D eigenvalue weighted by molar-refractivity contribution is 6.09. The molecule has 0 bridgehead atoms. The van der Waals surface area contributed by atoms with Gasteiger partial charge in [-0.1, -0.05) is 60.7 Å². The Morgan fingerprint density at radius 1 is 0.806 bits per heavy atom. The van der Waals surface area contributed by atoms with Crippen molar-refractivity contribution >= 4 is 17.7 Å². The topological polar surface area (TPSA) is 72.5 Å². The number of amides is 1. The van der Waals surface area contributed by atoms with E-state index in [-0.39, 0.29) is 29.9 Å². The number of carbonyl (C=O) groups excluding carboxylic acids is 3. The molecule has 5 nitrogen and oxygen atoms in total. The Bertz CT molecular complexity index is 1090. The molecular formula is C26H25NO4. The van der Waals surface area contributed by atoms with Gasteiger partial charge in [0.05, 0.1) is 11.6 Å². The molecule has 0 aliphatic rings. The SMILES string of the molecule is Cc1ccc([C@H](C)NC(=O)COC(=O)c2ccc(C(=O)c3ccccc3)cc2)cc1C. The molecular weight excluding hydrogens is 390 g/mol. The smallest absolute Gasteiger partial charge is 0.338 e. The summed E-state index contributed by atoms with van der Waals surface area (Å²) in [5.41, 5.74) is 4.66. The van der Waals surface area contributed by atoms with Crippen molar-refractivity contribution in [3.63, 3.8) is 0 Å². The van der Waals surface area contributed by atoms with Crippen molar-refractivity contribution in [2.75, 3.05) is 6.61 Å². The zero-order valence-electron chi connectivity index (χ0n) is 17.8. The number of ketones is 1. The molecule has 3 aromatic rings. The molecule has 1 atom stereocenters. The number of aryl methyl sites for hydroxylation is 2. The highest BCUT2D eigenvalue weighted by Gasteiger charge is 2.15. The van der Waals surface area contributed by atoms with Crippen LogP contribution < -0.4 is 5.32 Å². The van der Waals surface area contributed by atoms with Crippen LogP contribution in [-0.2, 0) is 9.53 Å². The highest BCUT2D eigenvalue weighted by atomic mass is 16.5. The van der Waals surface area contributed by atoms with E-state index in [0.717, 1.165) is 11.1 Å². The summed E-state index contributed by atoms with van der Waals surface area (Å²) < 4.78 is 5.12. The minimum atomic E-state index is -0.618. The van der Waals surface area contributed by atoms with Gasteiger partial charge in [0.25, 0.3) is 5.91 Å². The second kappa shape index (κ2) is 9.85. The molecule has 1 N–H and O–H groups in total. The lowest BCUT2D eigenvalue weighted by Crippen LogP contribution is -2.31. The maximum atomic E-state index is 12.4. The van der Waals surface area contributed by atoms with Crippen LogP contribution in [0.3, 0.4) is 0 Å². The lowest BCUT2D eigenvalue weighted by Gasteiger charge is -2.15. The molecule has 3 aromatic carbocycles. The van der Waals surface area contributed by atoms with Crippen molar-refractivity contribution in [3.8, 4) is 0 Å². The Hall–Kier alpha value is -3.73. The number of hydrogen-bond donors (Lipinski definition) is 1. The zero-order valence-corrected chi connectivity index (χ0v) is 17.8. The van der Waals surface area contributed by atoms with E-state index in [1.807, 2.05) is 45.0 Å². The van der Waals surface area contributed by atoms with Gasteiger partial charge in [0.1, 0.15) is 0 Å². The van der Waals surface area contributed by atoms with Gasteiger partial charge in [0.2, 0.25) is 0 Å². The molecule has 0 saturated heterocycles. The van der Waals surface area contributed by atoms with Gasteiger partial charge in [-0.2, -0.15) is 0 Å². The zero-order chi connectivity index (χ0) is 22.4. The van der Waals surface area contributed by atoms with Crippen LogP contribution in [0.4, 0.5) is 0 Å². The molecule has 0 saturated carbocycles. The summed E-state index contributed by atoms with van der Waals surface area (Å²) in [5.74, 6) is -1.12. The van der Waals surface area contributed by atoms with Crippen molar-refractivity contribution in [1.29, 1.82) is 0 Å². The Morgan fingerprint density at radius 2 is 1.42 bits per heavy atom. The van der Waals surface area contributed by atoms with Crippen LogP contribution >= 0.6 is 0 Å². The Labute approximate surface area is 182 Å². The molecule has 0 aromatic heterocycles. The lowest BCUT2D eigenvalue weighted by atomic mass is 10.0. The Kier molecular flexibility index (Phi) is 6.98. The molecule has 0 radical (unpaired) electrons. The van der Waals surface area contributed by atoms with E-state index in [2.05, 4.69) is 5.32 Å². The highest BCUT2D eigenvalue weighted by Crippen LogP contribution is 2.17. The summed E-state index contributed by atoms with van der Waals surface area (Å²) in [7, 11) is 0. The summed E-state index contributed by atoms with van der Waals surface area (Å²) in [6, 6.07) is 20.9. The van der Waals surface area contributed by atoms with Gasteiger partial charge < -0.3 is 10.1 Å². The van der Waals surface area contributed by atoms with Crippen molar-refractivity contribution in [1.82, 2.24) is 5.32 Å². The van der Waals surface area contributed by atoms with Gasteiger partial charge in [-0.25, -0.2) is 4.79 Å². The van der Waals surface area contributed by atoms with Crippen LogP contribution in [0.2, 0.25) is 0 Å². The molecule has 1 amide bonds. The van der Waals surface area contributed by atoms with Crippen molar-refractivity contribution < 1.29 is 19.1 Å². The molecule has 0 fully saturated rings. The molecule has 31 heavy (non-hydrogen) atoms. The molecule has 0 spiro atoms. The van der Waals surface area contributed by atoms with Gasteiger partial charge in [0, 0.05) is 11.1 Å². The molecule has 158 valence electrons. The standard InChI is InChI=1S/C26H25NO4/c1-17-9-10-23(15-18(17)2)19(3)27-24(28)16-31-26(30)22-13-11-21(12-14-22)25(29)20-7-5-4-6-8-20/h4-15,19H,16H2,1-3H3,(H,27,28)/t19-/m0/s1. The van der Waals surface area contributed by atoms with Crippen LogP contribution in [0.15, 0.2) is 72.8 Å². The summed E-state index contributed by atoms with van der Waals surface area (Å²) in [5, 5.41) is 2.83. The molecule has 3 rings (SSSR count). The number of ether oxygens (including phenoxy) is 1. The monoisotopic (exact) mass is 415 g/mol. The first-order valence-electron chi connectivity index (χ1n) is 10.1. The van der Waals surface area contributed by atoms with E-state index in [1.165, 1.54) is 17.7 Å². The minimum absolute atomic E-state index is 0.125. The molecule has 0 unspecified atom stereocenters. The normalized spacial score (nSPS) is 11.5. The number of carbonyl (C=O) groups is 3. The average Bonchev–Trinajstić information content (AvgIpc) is 2.79. The predicted octanol–water partition coefficient (Wildman–Crippen LogP) is 4.57. The maximum Gasteiger partial charge on any atom is 0.338 e. The Morgan fingerprint density at radius 3 is 2.06 bits per heavy atom. The third-order valence-electron chi connectivity index (χ3n) is 5.16. The predicted molar refractivity (Wildman–Crippen MR) is 119 cm³/mol. The van der Waals surface area contributed by atoms with Crippen molar-refractivity contribution in [2.45, 2.75) is 26.8 Å². The van der Waals surface area contributed by atoms with E-state index in [4.69, 9.17) is 4.74 Å². The van der Waals surface area contributed by atoms with Crippen LogP contribution in [0, 0.1) is 13.8 Å². The van der Waals surface area contributed by atoms with E-state index in [1.54, 1.807) is 36.4 Å². The van der Waals surface area contributed by atoms with Crippen molar-refractivity contribution in [2.24, 2.45) is 0 Å². The third-order valence-corrected chi connectivity index (χ3v) is 5.16. The number of esters is 1. The minimum Gasteiger partial charge on any atom is -0.452 e. The number of hydrogen-bond acceptors (Lipinski definition) is 4. The van der Waals surface area contributed by atoms with Crippen LogP contribution in [0.5, 0.6) is 0 Å².